The Hall–Kier alpha value is -2.94. The highest BCUT2D eigenvalue weighted by atomic mass is 19.1. The van der Waals surface area contributed by atoms with E-state index < -0.39 is 5.95 Å². The minimum absolute atomic E-state index is 0.436. The number of pyridine rings is 2. The van der Waals surface area contributed by atoms with Crippen LogP contribution in [0.4, 0.5) is 4.39 Å². The van der Waals surface area contributed by atoms with Gasteiger partial charge in [0.25, 0.3) is 0 Å². The topological polar surface area (TPSA) is 63.2 Å². The number of fused-ring (bicyclic) bond motifs is 1. The lowest BCUT2D eigenvalue weighted by molar-refractivity contribution is 0.417. The summed E-state index contributed by atoms with van der Waals surface area (Å²) in [5.41, 5.74) is 2.55. The Kier molecular flexibility index (Phi) is 2.80. The quantitative estimate of drug-likeness (QED) is 0.669. The molecule has 0 fully saturated rings. The molecule has 0 aliphatic carbocycles. The van der Waals surface area contributed by atoms with E-state index in [-0.39, 0.29) is 0 Å². The standard InChI is InChI=1S/C14H9FN4O/c1-20-12-4-10(9-2-3-13(15)17-6-9)8-19-14(12)11(5-16)7-18-19/h2-4,6-8H,1H3. The average Bonchev–Trinajstić information content (AvgIpc) is 2.90. The first-order chi connectivity index (χ1) is 9.72. The summed E-state index contributed by atoms with van der Waals surface area (Å²) in [4.78, 5) is 3.62. The van der Waals surface area contributed by atoms with Crippen molar-refractivity contribution in [2.24, 2.45) is 0 Å². The monoisotopic (exact) mass is 268 g/mol. The van der Waals surface area contributed by atoms with Gasteiger partial charge in [-0.2, -0.15) is 14.8 Å². The van der Waals surface area contributed by atoms with Crippen molar-refractivity contribution in [3.8, 4) is 22.9 Å². The predicted octanol–water partition coefficient (Wildman–Crippen LogP) is 2.42. The fraction of sp³-hybridized carbons (Fsp3) is 0.0714. The highest BCUT2D eigenvalue weighted by Crippen LogP contribution is 2.29. The van der Waals surface area contributed by atoms with Crippen molar-refractivity contribution < 1.29 is 9.13 Å². The molecule has 20 heavy (non-hydrogen) atoms. The molecule has 3 aromatic rings. The number of nitrogens with zero attached hydrogens (tertiary/aromatic N) is 4. The minimum atomic E-state index is -0.535. The van der Waals surface area contributed by atoms with Crippen molar-refractivity contribution in [1.82, 2.24) is 14.6 Å². The maximum atomic E-state index is 12.9. The van der Waals surface area contributed by atoms with E-state index in [1.54, 1.807) is 22.8 Å². The van der Waals surface area contributed by atoms with Gasteiger partial charge >= 0.3 is 0 Å². The van der Waals surface area contributed by atoms with Crippen molar-refractivity contribution in [2.75, 3.05) is 7.11 Å². The molecule has 3 heterocycles. The molecule has 0 aliphatic rings. The third kappa shape index (κ3) is 1.86. The molecule has 0 bridgehead atoms. The van der Waals surface area contributed by atoms with Crippen molar-refractivity contribution >= 4 is 5.52 Å². The van der Waals surface area contributed by atoms with Gasteiger partial charge in [-0.3, -0.25) is 0 Å². The first kappa shape index (κ1) is 12.1. The van der Waals surface area contributed by atoms with E-state index in [1.807, 2.05) is 0 Å². The molecular weight excluding hydrogens is 259 g/mol. The van der Waals surface area contributed by atoms with Gasteiger partial charge in [0.2, 0.25) is 5.95 Å². The molecule has 3 rings (SSSR count). The molecule has 0 amide bonds. The first-order valence-corrected chi connectivity index (χ1v) is 5.80. The van der Waals surface area contributed by atoms with Crippen molar-refractivity contribution in [3.63, 3.8) is 0 Å². The number of halogens is 1. The maximum absolute atomic E-state index is 12.9. The molecule has 0 unspecified atom stereocenters. The Morgan fingerprint density at radius 3 is 2.80 bits per heavy atom. The summed E-state index contributed by atoms with van der Waals surface area (Å²) in [6.45, 7) is 0. The largest absolute Gasteiger partial charge is 0.494 e. The van der Waals surface area contributed by atoms with Crippen LogP contribution in [0.5, 0.6) is 5.75 Å². The molecule has 0 aliphatic heterocycles. The average molecular weight is 268 g/mol. The molecule has 5 nitrogen and oxygen atoms in total. The van der Waals surface area contributed by atoms with Crippen LogP contribution < -0.4 is 4.74 Å². The van der Waals surface area contributed by atoms with E-state index >= 15 is 0 Å². The Balaban J connectivity index is 2.24. The lowest BCUT2D eigenvalue weighted by Gasteiger charge is -2.07. The highest BCUT2D eigenvalue weighted by Gasteiger charge is 2.12. The SMILES string of the molecule is COc1cc(-c2ccc(F)nc2)cn2ncc(C#N)c12. The van der Waals surface area contributed by atoms with Crippen LogP contribution in [-0.2, 0) is 0 Å². The Morgan fingerprint density at radius 2 is 2.15 bits per heavy atom. The van der Waals surface area contributed by atoms with Crippen LogP contribution in [0.25, 0.3) is 16.6 Å². The van der Waals surface area contributed by atoms with Crippen molar-refractivity contribution in [1.29, 1.82) is 5.26 Å². The number of hydrogen-bond acceptors (Lipinski definition) is 4. The molecule has 6 heteroatoms. The predicted molar refractivity (Wildman–Crippen MR) is 69.6 cm³/mol. The van der Waals surface area contributed by atoms with E-state index in [4.69, 9.17) is 10.00 Å². The van der Waals surface area contributed by atoms with Crippen LogP contribution in [0.1, 0.15) is 5.56 Å². The molecule has 0 saturated carbocycles. The first-order valence-electron chi connectivity index (χ1n) is 5.80. The summed E-state index contributed by atoms with van der Waals surface area (Å²) in [7, 11) is 1.52. The van der Waals surface area contributed by atoms with E-state index in [2.05, 4.69) is 16.2 Å². The van der Waals surface area contributed by atoms with Gasteiger partial charge in [0, 0.05) is 23.5 Å². The summed E-state index contributed by atoms with van der Waals surface area (Å²) in [5, 5.41) is 13.2. The van der Waals surface area contributed by atoms with Crippen LogP contribution in [0, 0.1) is 17.3 Å². The molecule has 0 atom stereocenters. The summed E-state index contributed by atoms with van der Waals surface area (Å²) >= 11 is 0. The van der Waals surface area contributed by atoms with E-state index in [0.717, 1.165) is 11.1 Å². The molecule has 0 N–H and O–H groups in total. The molecule has 98 valence electrons. The Morgan fingerprint density at radius 1 is 1.30 bits per heavy atom. The number of aromatic nitrogens is 3. The smallest absolute Gasteiger partial charge is 0.212 e. The molecule has 0 radical (unpaired) electrons. The van der Waals surface area contributed by atoms with E-state index in [1.165, 1.54) is 25.6 Å². The zero-order valence-corrected chi connectivity index (χ0v) is 10.5. The van der Waals surface area contributed by atoms with Gasteiger partial charge in [0.1, 0.15) is 22.9 Å². The number of nitriles is 1. The third-order valence-corrected chi connectivity index (χ3v) is 2.98. The lowest BCUT2D eigenvalue weighted by atomic mass is 10.1. The zero-order valence-electron chi connectivity index (χ0n) is 10.5. The van der Waals surface area contributed by atoms with Crippen LogP contribution >= 0.6 is 0 Å². The molecular formula is C14H9FN4O. The summed E-state index contributed by atoms with van der Waals surface area (Å²) in [6, 6.07) is 6.75. The van der Waals surface area contributed by atoms with E-state index in [0.29, 0.717) is 16.8 Å². The van der Waals surface area contributed by atoms with Crippen molar-refractivity contribution in [3.05, 3.63) is 48.3 Å². The van der Waals surface area contributed by atoms with E-state index in [9.17, 15) is 4.39 Å². The van der Waals surface area contributed by atoms with Crippen LogP contribution in [0.15, 0.2) is 36.8 Å². The number of ether oxygens (including phenoxy) is 1. The van der Waals surface area contributed by atoms with Crippen LogP contribution in [-0.4, -0.2) is 21.7 Å². The molecule has 0 spiro atoms. The molecule has 0 aromatic carbocycles. The lowest BCUT2D eigenvalue weighted by Crippen LogP contribution is -1.94. The summed E-state index contributed by atoms with van der Waals surface area (Å²) in [6.07, 6.45) is 4.66. The Bertz CT molecular complexity index is 818. The van der Waals surface area contributed by atoms with Crippen LogP contribution in [0.2, 0.25) is 0 Å². The summed E-state index contributed by atoms with van der Waals surface area (Å²) < 4.78 is 19.7. The van der Waals surface area contributed by atoms with Gasteiger partial charge in [-0.1, -0.05) is 0 Å². The number of methoxy groups -OCH3 is 1. The zero-order chi connectivity index (χ0) is 14.1. The highest BCUT2D eigenvalue weighted by molar-refractivity contribution is 5.75. The van der Waals surface area contributed by atoms with Crippen LogP contribution in [0.3, 0.4) is 0 Å². The minimum Gasteiger partial charge on any atom is -0.494 e. The van der Waals surface area contributed by atoms with Gasteiger partial charge in [-0.05, 0) is 18.2 Å². The number of hydrogen-bond donors (Lipinski definition) is 0. The summed E-state index contributed by atoms with van der Waals surface area (Å²) in [5.74, 6) is -0.00600. The second-order valence-electron chi connectivity index (χ2n) is 4.13. The van der Waals surface area contributed by atoms with Gasteiger partial charge in [0.15, 0.2) is 0 Å². The maximum Gasteiger partial charge on any atom is 0.212 e. The fourth-order valence-corrected chi connectivity index (χ4v) is 2.03. The Labute approximate surface area is 113 Å². The van der Waals surface area contributed by atoms with Gasteiger partial charge in [0.05, 0.1) is 13.3 Å². The number of rotatable bonds is 2. The fourth-order valence-electron chi connectivity index (χ4n) is 2.03. The van der Waals surface area contributed by atoms with Crippen molar-refractivity contribution in [2.45, 2.75) is 0 Å². The normalized spacial score (nSPS) is 10.4. The van der Waals surface area contributed by atoms with Gasteiger partial charge < -0.3 is 4.74 Å². The van der Waals surface area contributed by atoms with Gasteiger partial charge in [-0.25, -0.2) is 9.50 Å². The third-order valence-electron chi connectivity index (χ3n) is 2.98. The second kappa shape index (κ2) is 4.63. The van der Waals surface area contributed by atoms with Gasteiger partial charge in [-0.15, -0.1) is 0 Å². The molecule has 0 saturated heterocycles. The second-order valence-corrected chi connectivity index (χ2v) is 4.13. The molecule has 3 aromatic heterocycles.